The number of carbonyl (C=O) groups excluding carboxylic acids is 3. The molecule has 290 valence electrons. The van der Waals surface area contributed by atoms with Gasteiger partial charge in [0.15, 0.2) is 0 Å². The summed E-state index contributed by atoms with van der Waals surface area (Å²) in [5, 5.41) is 44.6. The van der Waals surface area contributed by atoms with E-state index in [2.05, 4.69) is 10.6 Å². The zero-order chi connectivity index (χ0) is 38.6. The zero-order valence-corrected chi connectivity index (χ0v) is 29.2. The van der Waals surface area contributed by atoms with Gasteiger partial charge in [-0.3, -0.25) is 53.7 Å². The quantitative estimate of drug-likeness (QED) is 0.0391. The number of carboxylic acids is 3. The molecule has 52 heavy (non-hydrogen) atoms. The minimum Gasteiger partial charge on any atom is -0.480 e. The zero-order valence-electron chi connectivity index (χ0n) is 29.2. The Kier molecular flexibility index (Phi) is 18.9. The molecule has 2 amide bonds. The van der Waals surface area contributed by atoms with E-state index < -0.39 is 40.6 Å². The molecule has 21 nitrogen and oxygen atoms in total. The molecule has 0 saturated carbocycles. The Morgan fingerprint density at radius 1 is 0.769 bits per heavy atom. The van der Waals surface area contributed by atoms with Crippen molar-refractivity contribution in [1.82, 2.24) is 30.2 Å². The number of amides is 2. The second-order valence-electron chi connectivity index (χ2n) is 12.0. The van der Waals surface area contributed by atoms with Crippen molar-refractivity contribution >= 4 is 41.6 Å². The summed E-state index contributed by atoms with van der Waals surface area (Å²) in [6.45, 7) is 4.50. The fourth-order valence-corrected chi connectivity index (χ4v) is 4.98. The van der Waals surface area contributed by atoms with Crippen LogP contribution in [0.25, 0.3) is 0 Å². The predicted molar refractivity (Wildman–Crippen MR) is 180 cm³/mol. The number of nitrogens with zero attached hydrogens (tertiary/aromatic N) is 5. The van der Waals surface area contributed by atoms with Gasteiger partial charge in [0.1, 0.15) is 17.9 Å². The van der Waals surface area contributed by atoms with Gasteiger partial charge in [-0.05, 0) is 19.9 Å². The van der Waals surface area contributed by atoms with Crippen LogP contribution >= 0.6 is 0 Å². The van der Waals surface area contributed by atoms with E-state index in [0.717, 1.165) is 18.2 Å². The number of nitro groups is 1. The summed E-state index contributed by atoms with van der Waals surface area (Å²) in [6, 6.07) is 2.96. The van der Waals surface area contributed by atoms with Gasteiger partial charge in [-0.1, -0.05) is 0 Å². The molecule has 1 aliphatic heterocycles. The van der Waals surface area contributed by atoms with Crippen LogP contribution in [-0.2, 0) is 28.7 Å². The second-order valence-corrected chi connectivity index (χ2v) is 12.0. The number of hydrogen-bond donors (Lipinski definition) is 5. The van der Waals surface area contributed by atoms with Crippen LogP contribution in [0.1, 0.15) is 24.2 Å². The Labute approximate surface area is 299 Å². The number of nitro benzene ring substituents is 1. The maximum Gasteiger partial charge on any atom is 0.513 e. The van der Waals surface area contributed by atoms with E-state index in [0.29, 0.717) is 0 Å². The maximum absolute atomic E-state index is 12.7. The van der Waals surface area contributed by atoms with Crippen molar-refractivity contribution in [1.29, 1.82) is 0 Å². The van der Waals surface area contributed by atoms with Gasteiger partial charge in [-0.15, -0.1) is 0 Å². The molecule has 2 rings (SSSR count). The summed E-state index contributed by atoms with van der Waals surface area (Å²) in [4.78, 5) is 88.7. The molecule has 5 N–H and O–H groups in total. The van der Waals surface area contributed by atoms with Gasteiger partial charge < -0.3 is 40.2 Å². The van der Waals surface area contributed by atoms with Crippen molar-refractivity contribution in [2.45, 2.75) is 19.9 Å². The van der Waals surface area contributed by atoms with E-state index in [1.807, 2.05) is 0 Å². The first-order valence-electron chi connectivity index (χ1n) is 16.5. The Morgan fingerprint density at radius 3 is 1.69 bits per heavy atom. The maximum atomic E-state index is 12.7. The number of benzene rings is 1. The number of hydrogen-bond acceptors (Lipinski definition) is 15. The number of rotatable bonds is 18. The van der Waals surface area contributed by atoms with Crippen molar-refractivity contribution in [3.05, 3.63) is 33.9 Å². The minimum absolute atomic E-state index is 0.0535. The molecule has 1 saturated heterocycles. The van der Waals surface area contributed by atoms with Crippen LogP contribution in [0, 0.1) is 10.1 Å². The molecular formula is C31H47N7O14. The Bertz CT molecular complexity index is 1360. The monoisotopic (exact) mass is 741 g/mol. The molecule has 21 heteroatoms. The first-order chi connectivity index (χ1) is 24.6. The SMILES string of the molecule is CC(C)NC(=O)c1cc(OC(=O)OCCOCCNC(=O)CN2CCN(CC(=O)O)CCN(CC(=O)O)CCN(CC(=O)O)CC2)ccc1[N+](=O)[O-]. The number of carboxylic acid groups (broad SMARTS) is 3. The molecule has 0 spiro atoms. The van der Waals surface area contributed by atoms with E-state index in [4.69, 9.17) is 14.2 Å². The summed E-state index contributed by atoms with van der Waals surface area (Å²) in [5.41, 5.74) is -0.751. The lowest BCUT2D eigenvalue weighted by molar-refractivity contribution is -0.385. The summed E-state index contributed by atoms with van der Waals surface area (Å²) < 4.78 is 15.3. The minimum atomic E-state index is -1.13. The molecule has 0 radical (unpaired) electrons. The van der Waals surface area contributed by atoms with Crippen LogP contribution in [0.4, 0.5) is 10.5 Å². The van der Waals surface area contributed by atoms with Gasteiger partial charge in [-0.2, -0.15) is 0 Å². The van der Waals surface area contributed by atoms with E-state index in [1.165, 1.54) is 0 Å². The summed E-state index contributed by atoms with van der Waals surface area (Å²) in [6.07, 6.45) is -1.13. The van der Waals surface area contributed by atoms with Gasteiger partial charge in [0.05, 0.1) is 44.3 Å². The van der Waals surface area contributed by atoms with E-state index >= 15 is 0 Å². The van der Waals surface area contributed by atoms with Gasteiger partial charge in [0.2, 0.25) is 5.91 Å². The Hall–Kier alpha value is -4.96. The molecular weight excluding hydrogens is 694 g/mol. The highest BCUT2D eigenvalue weighted by atomic mass is 16.7. The molecule has 0 aromatic heterocycles. The third-order valence-corrected chi connectivity index (χ3v) is 7.42. The normalized spacial score (nSPS) is 15.5. The average Bonchev–Trinajstić information content (AvgIpc) is 3.04. The highest BCUT2D eigenvalue weighted by molar-refractivity contribution is 5.98. The Morgan fingerprint density at radius 2 is 1.25 bits per heavy atom. The second kappa shape index (κ2) is 22.8. The number of aliphatic carboxylic acids is 3. The van der Waals surface area contributed by atoms with Gasteiger partial charge in [0.25, 0.3) is 11.6 Å². The van der Waals surface area contributed by atoms with Crippen LogP contribution in [-0.4, -0.2) is 187 Å². The van der Waals surface area contributed by atoms with Gasteiger partial charge >= 0.3 is 24.1 Å². The third kappa shape index (κ3) is 17.8. The largest absolute Gasteiger partial charge is 0.513 e. The van der Waals surface area contributed by atoms with Crippen LogP contribution in [0.5, 0.6) is 5.75 Å². The number of ether oxygens (including phenoxy) is 3. The Balaban J connectivity index is 1.82. The molecule has 1 aromatic carbocycles. The van der Waals surface area contributed by atoms with Crippen LogP contribution < -0.4 is 15.4 Å². The first kappa shape index (κ1) is 43.2. The smallest absolute Gasteiger partial charge is 0.480 e. The lowest BCUT2D eigenvalue weighted by Crippen LogP contribution is -2.50. The number of nitrogens with one attached hydrogen (secondary N) is 2. The highest BCUT2D eigenvalue weighted by Gasteiger charge is 2.23. The lowest BCUT2D eigenvalue weighted by atomic mass is 10.1. The average molecular weight is 742 g/mol. The lowest BCUT2D eigenvalue weighted by Gasteiger charge is -2.32. The molecule has 0 atom stereocenters. The summed E-state index contributed by atoms with van der Waals surface area (Å²) in [5.74, 6) is -4.37. The standard InChI is InChI=1S/C31H47N7O14/c1-22(2)33-30(46)24-17-23(3-4-25(24)38(48)49)52-31(47)51-16-15-50-14-5-32-26(39)18-34-6-8-35(19-27(40)41)10-12-37(21-29(44)45)13-11-36(9-7-34)20-28(42)43/h3-4,17,22H,5-16,18-21H2,1-2H3,(H,32,39)(H,33,46)(H,40,41)(H,42,43)(H,44,45). The van der Waals surface area contributed by atoms with Crippen molar-refractivity contribution in [3.8, 4) is 5.75 Å². The fourth-order valence-electron chi connectivity index (χ4n) is 4.98. The van der Waals surface area contributed by atoms with Crippen molar-refractivity contribution in [2.75, 3.05) is 105 Å². The fraction of sp³-hybridized carbons (Fsp3) is 0.613. The van der Waals surface area contributed by atoms with E-state index in [9.17, 15) is 54.2 Å². The molecule has 1 fully saturated rings. The summed E-state index contributed by atoms with van der Waals surface area (Å²) >= 11 is 0. The molecule has 1 aliphatic rings. The van der Waals surface area contributed by atoms with Crippen molar-refractivity contribution in [3.63, 3.8) is 0 Å². The molecule has 0 aliphatic carbocycles. The van der Waals surface area contributed by atoms with Gasteiger partial charge in [-0.25, -0.2) is 4.79 Å². The molecule has 1 heterocycles. The molecule has 1 aromatic rings. The highest BCUT2D eigenvalue weighted by Crippen LogP contribution is 2.24. The molecule has 0 unspecified atom stereocenters. The topological polar surface area (TPSA) is 271 Å². The number of carbonyl (C=O) groups is 6. The predicted octanol–water partition coefficient (Wildman–Crippen LogP) is -1.14. The molecule has 0 bridgehead atoms. The van der Waals surface area contributed by atoms with Crippen LogP contribution in [0.15, 0.2) is 18.2 Å². The van der Waals surface area contributed by atoms with Crippen molar-refractivity contribution in [2.24, 2.45) is 0 Å². The van der Waals surface area contributed by atoms with Crippen LogP contribution in [0.2, 0.25) is 0 Å². The third-order valence-electron chi connectivity index (χ3n) is 7.42. The van der Waals surface area contributed by atoms with Crippen molar-refractivity contribution < 1.29 is 63.2 Å². The first-order valence-corrected chi connectivity index (χ1v) is 16.5. The van der Waals surface area contributed by atoms with E-state index in [1.54, 1.807) is 33.4 Å². The van der Waals surface area contributed by atoms with Gasteiger partial charge in [0, 0.05) is 77.1 Å². The van der Waals surface area contributed by atoms with E-state index in [-0.39, 0.29) is 128 Å². The van der Waals surface area contributed by atoms with Crippen LogP contribution in [0.3, 0.4) is 0 Å². The summed E-state index contributed by atoms with van der Waals surface area (Å²) in [7, 11) is 0.